The summed E-state index contributed by atoms with van der Waals surface area (Å²) in [6.45, 7) is 0. The maximum Gasteiger partial charge on any atom is 0.143 e. The first-order chi connectivity index (χ1) is 29.3. The van der Waals surface area contributed by atoms with Crippen LogP contribution in [0, 0.1) is 0 Å². The predicted octanol–water partition coefficient (Wildman–Crippen LogP) is 15.3. The minimum Gasteiger partial charge on any atom is -0.455 e. The number of fused-ring (bicyclic) bond motifs is 8. The Labute approximate surface area is 341 Å². The van der Waals surface area contributed by atoms with Crippen molar-refractivity contribution < 1.29 is 4.42 Å². The number of para-hydroxylation sites is 4. The average molecular weight is 753 g/mol. The van der Waals surface area contributed by atoms with E-state index in [1.54, 1.807) is 0 Å². The van der Waals surface area contributed by atoms with Gasteiger partial charge in [0.2, 0.25) is 0 Å². The Hall–Kier alpha value is -7.88. The highest BCUT2D eigenvalue weighted by Gasteiger charge is 2.26. The molecule has 59 heavy (non-hydrogen) atoms. The predicted molar refractivity (Wildman–Crippen MR) is 247 cm³/mol. The summed E-state index contributed by atoms with van der Waals surface area (Å²) in [5, 5.41) is 5.89. The van der Waals surface area contributed by atoms with Crippen LogP contribution in [0.1, 0.15) is 0 Å². The summed E-state index contributed by atoms with van der Waals surface area (Å²) in [6.07, 6.45) is 0. The highest BCUT2D eigenvalue weighted by Crippen LogP contribution is 2.47. The van der Waals surface area contributed by atoms with Crippen molar-refractivity contribution in [2.75, 3.05) is 0 Å². The molecule has 0 saturated heterocycles. The molecule has 12 aromatic rings. The van der Waals surface area contributed by atoms with Gasteiger partial charge in [0.05, 0.1) is 22.2 Å². The topological polar surface area (TPSA) is 23.0 Å². The second kappa shape index (κ2) is 13.4. The molecule has 0 aliphatic heterocycles. The summed E-state index contributed by atoms with van der Waals surface area (Å²) >= 11 is 0. The van der Waals surface area contributed by atoms with Gasteiger partial charge in [-0.05, 0) is 52.6 Å². The van der Waals surface area contributed by atoms with Gasteiger partial charge in [-0.3, -0.25) is 0 Å². The van der Waals surface area contributed by atoms with Crippen LogP contribution in [-0.2, 0) is 0 Å². The number of furan rings is 1. The molecule has 0 spiro atoms. The first-order valence-corrected chi connectivity index (χ1v) is 20.2. The zero-order valence-corrected chi connectivity index (χ0v) is 32.1. The quantitative estimate of drug-likeness (QED) is 0.166. The van der Waals surface area contributed by atoms with E-state index in [1.807, 2.05) is 0 Å². The van der Waals surface area contributed by atoms with E-state index in [9.17, 15) is 0 Å². The fourth-order valence-corrected chi connectivity index (χ4v) is 9.37. The molecule has 276 valence electrons. The van der Waals surface area contributed by atoms with Crippen LogP contribution >= 0.6 is 0 Å². The molecule has 0 unspecified atom stereocenters. The largest absolute Gasteiger partial charge is 0.455 e. The second-order valence-electron chi connectivity index (χ2n) is 15.2. The van der Waals surface area contributed by atoms with Gasteiger partial charge in [0.1, 0.15) is 11.2 Å². The number of benzene rings is 9. The molecule has 9 aromatic carbocycles. The van der Waals surface area contributed by atoms with Crippen molar-refractivity contribution in [3.8, 4) is 56.0 Å². The van der Waals surface area contributed by atoms with Gasteiger partial charge in [0.25, 0.3) is 0 Å². The summed E-state index contributed by atoms with van der Waals surface area (Å²) < 4.78 is 11.8. The van der Waals surface area contributed by atoms with E-state index in [0.29, 0.717) is 0 Å². The van der Waals surface area contributed by atoms with Gasteiger partial charge in [-0.25, -0.2) is 0 Å². The van der Waals surface area contributed by atoms with Crippen LogP contribution < -0.4 is 0 Å². The lowest BCUT2D eigenvalue weighted by molar-refractivity contribution is 0.671. The van der Waals surface area contributed by atoms with Crippen LogP contribution in [0.15, 0.2) is 223 Å². The maximum atomic E-state index is 6.82. The van der Waals surface area contributed by atoms with Gasteiger partial charge in [-0.2, -0.15) is 0 Å². The zero-order valence-electron chi connectivity index (χ0n) is 32.1. The fraction of sp³-hybridized carbons (Fsp3) is 0. The molecular weight excluding hydrogens is 717 g/mol. The molecule has 3 nitrogen and oxygen atoms in total. The minimum atomic E-state index is 0.903. The molecule has 3 heteroatoms. The summed E-state index contributed by atoms with van der Waals surface area (Å²) in [5.41, 5.74) is 16.7. The lowest BCUT2D eigenvalue weighted by atomic mass is 9.98. The minimum absolute atomic E-state index is 0.903. The molecule has 12 rings (SSSR count). The van der Waals surface area contributed by atoms with Gasteiger partial charge in [0, 0.05) is 55.0 Å². The van der Waals surface area contributed by atoms with Gasteiger partial charge in [-0.15, -0.1) is 0 Å². The standard InChI is InChI=1S/C56H36N2O/c1-5-17-37(18-6-1)43-26-15-28-47-48-29-16-27-44(56(48)59-55(43)47)38-31-33-42(34-32-38)57-50-30-14-13-25-45(50)46-35-36-49-51(39-19-7-2-8-20-39)52(40-21-9-3-10-22-40)58(54(49)53(46)57)41-23-11-4-12-24-41/h1-36H. The van der Waals surface area contributed by atoms with Crippen molar-refractivity contribution in [1.82, 2.24) is 9.13 Å². The molecular formula is C56H36N2O. The molecule has 0 amide bonds. The first kappa shape index (κ1) is 33.3. The van der Waals surface area contributed by atoms with E-state index >= 15 is 0 Å². The molecule has 3 aromatic heterocycles. The molecule has 0 N–H and O–H groups in total. The Bertz CT molecular complexity index is 3500. The highest BCUT2D eigenvalue weighted by atomic mass is 16.3. The molecule has 0 saturated carbocycles. The van der Waals surface area contributed by atoms with Crippen molar-refractivity contribution in [3.63, 3.8) is 0 Å². The number of nitrogens with zero attached hydrogens (tertiary/aromatic N) is 2. The maximum absolute atomic E-state index is 6.82. The highest BCUT2D eigenvalue weighted by molar-refractivity contribution is 6.22. The molecule has 0 aliphatic carbocycles. The van der Waals surface area contributed by atoms with Crippen LogP contribution in [0.2, 0.25) is 0 Å². The summed E-state index contributed by atoms with van der Waals surface area (Å²) in [6, 6.07) is 78.4. The first-order valence-electron chi connectivity index (χ1n) is 20.2. The zero-order chi connectivity index (χ0) is 38.9. The van der Waals surface area contributed by atoms with Crippen molar-refractivity contribution in [1.29, 1.82) is 0 Å². The van der Waals surface area contributed by atoms with Crippen LogP contribution in [-0.4, -0.2) is 9.13 Å². The number of hydrogen-bond acceptors (Lipinski definition) is 1. The van der Waals surface area contributed by atoms with Gasteiger partial charge >= 0.3 is 0 Å². The average Bonchev–Trinajstić information content (AvgIpc) is 3.98. The van der Waals surface area contributed by atoms with E-state index in [2.05, 4.69) is 228 Å². The Kier molecular flexibility index (Phi) is 7.54. The molecule has 0 radical (unpaired) electrons. The van der Waals surface area contributed by atoms with Crippen LogP contribution in [0.25, 0.3) is 111 Å². The van der Waals surface area contributed by atoms with E-state index in [1.165, 1.54) is 55.1 Å². The Morgan fingerprint density at radius 2 is 0.763 bits per heavy atom. The molecule has 0 fully saturated rings. The lowest BCUT2D eigenvalue weighted by Crippen LogP contribution is -2.00. The molecule has 0 bridgehead atoms. The van der Waals surface area contributed by atoms with Crippen LogP contribution in [0.4, 0.5) is 0 Å². The van der Waals surface area contributed by atoms with Gasteiger partial charge in [-0.1, -0.05) is 188 Å². The fourth-order valence-electron chi connectivity index (χ4n) is 9.37. The molecule has 0 aliphatic rings. The van der Waals surface area contributed by atoms with Gasteiger partial charge < -0.3 is 13.6 Å². The SMILES string of the molecule is c1ccc(-c2c(-c3ccccc3)n(-c3ccccc3)c3c2ccc2c4ccccc4n(-c4ccc(-c5cccc6c5oc5c(-c7ccccc7)cccc56)cc4)c23)cc1. The van der Waals surface area contributed by atoms with E-state index in [0.717, 1.165) is 55.6 Å². The number of aromatic nitrogens is 2. The lowest BCUT2D eigenvalue weighted by Gasteiger charge is -2.15. The summed E-state index contributed by atoms with van der Waals surface area (Å²) in [4.78, 5) is 0. The summed E-state index contributed by atoms with van der Waals surface area (Å²) in [7, 11) is 0. The smallest absolute Gasteiger partial charge is 0.143 e. The van der Waals surface area contributed by atoms with E-state index in [-0.39, 0.29) is 0 Å². The van der Waals surface area contributed by atoms with Crippen molar-refractivity contribution in [3.05, 3.63) is 218 Å². The Morgan fingerprint density at radius 1 is 0.288 bits per heavy atom. The third kappa shape index (κ3) is 5.15. The Morgan fingerprint density at radius 3 is 1.41 bits per heavy atom. The number of hydrogen-bond donors (Lipinski definition) is 0. The third-order valence-electron chi connectivity index (χ3n) is 11.9. The van der Waals surface area contributed by atoms with Crippen molar-refractivity contribution in [2.45, 2.75) is 0 Å². The van der Waals surface area contributed by atoms with E-state index < -0.39 is 0 Å². The second-order valence-corrected chi connectivity index (χ2v) is 15.2. The normalized spacial score (nSPS) is 11.7. The van der Waals surface area contributed by atoms with E-state index in [4.69, 9.17) is 4.42 Å². The third-order valence-corrected chi connectivity index (χ3v) is 11.9. The molecule has 3 heterocycles. The Balaban J connectivity index is 1.12. The van der Waals surface area contributed by atoms with Crippen molar-refractivity contribution >= 4 is 54.6 Å². The monoisotopic (exact) mass is 752 g/mol. The van der Waals surface area contributed by atoms with Gasteiger partial charge in [0.15, 0.2) is 0 Å². The van der Waals surface area contributed by atoms with Crippen LogP contribution in [0.3, 0.4) is 0 Å². The molecule has 0 atom stereocenters. The summed E-state index contributed by atoms with van der Waals surface area (Å²) in [5.74, 6) is 0. The number of rotatable bonds is 6. The van der Waals surface area contributed by atoms with Crippen molar-refractivity contribution in [2.24, 2.45) is 0 Å². The van der Waals surface area contributed by atoms with Crippen LogP contribution in [0.5, 0.6) is 0 Å².